The molecule has 0 amide bonds. The quantitative estimate of drug-likeness (QED) is 0.738. The van der Waals surface area contributed by atoms with Gasteiger partial charge >= 0.3 is 5.76 Å². The van der Waals surface area contributed by atoms with Gasteiger partial charge < -0.3 is 8.83 Å². The maximum atomic E-state index is 11.7. The molecule has 0 N–H and O–H groups in total. The predicted molar refractivity (Wildman–Crippen MR) is 69.0 cm³/mol. The van der Waals surface area contributed by atoms with Crippen LogP contribution in [0.1, 0.15) is 5.56 Å². The zero-order chi connectivity index (χ0) is 13.2. The summed E-state index contributed by atoms with van der Waals surface area (Å²) < 4.78 is 11.4. The average molecular weight is 277 g/mol. The standard InChI is InChI=1S/C13H9ClN2O3/c14-10-4-1-3-9(7-10)8-16-13(17)19-12(15-16)11-5-2-6-18-11/h1-7H,8H2. The molecule has 0 saturated heterocycles. The zero-order valence-corrected chi connectivity index (χ0v) is 10.5. The minimum atomic E-state index is -0.536. The van der Waals surface area contributed by atoms with Crippen LogP contribution in [-0.2, 0) is 6.54 Å². The number of furan rings is 1. The van der Waals surface area contributed by atoms with Crippen molar-refractivity contribution in [2.24, 2.45) is 0 Å². The second-order valence-corrected chi connectivity index (χ2v) is 4.37. The van der Waals surface area contributed by atoms with E-state index in [9.17, 15) is 4.79 Å². The minimum Gasteiger partial charge on any atom is -0.459 e. The van der Waals surface area contributed by atoms with E-state index in [4.69, 9.17) is 20.4 Å². The summed E-state index contributed by atoms with van der Waals surface area (Å²) in [6.45, 7) is 0.295. The van der Waals surface area contributed by atoms with Crippen LogP contribution in [0.5, 0.6) is 0 Å². The van der Waals surface area contributed by atoms with Gasteiger partial charge in [0.1, 0.15) is 0 Å². The van der Waals surface area contributed by atoms with Crippen LogP contribution in [0.2, 0.25) is 5.02 Å². The van der Waals surface area contributed by atoms with Gasteiger partial charge in [-0.05, 0) is 29.8 Å². The number of nitrogens with zero attached hydrogens (tertiary/aromatic N) is 2. The third-order valence-corrected chi connectivity index (χ3v) is 2.79. The first-order chi connectivity index (χ1) is 9.22. The van der Waals surface area contributed by atoms with E-state index >= 15 is 0 Å². The number of rotatable bonds is 3. The minimum absolute atomic E-state index is 0.164. The Labute approximate surface area is 113 Å². The molecule has 0 aliphatic carbocycles. The first-order valence-corrected chi connectivity index (χ1v) is 5.96. The fourth-order valence-corrected chi connectivity index (χ4v) is 1.93. The normalized spacial score (nSPS) is 10.8. The van der Waals surface area contributed by atoms with E-state index in [-0.39, 0.29) is 5.89 Å². The predicted octanol–water partition coefficient (Wildman–Crippen LogP) is 2.80. The number of hydrogen-bond donors (Lipinski definition) is 0. The highest BCUT2D eigenvalue weighted by molar-refractivity contribution is 6.30. The molecule has 3 rings (SSSR count). The molecule has 0 aliphatic rings. The van der Waals surface area contributed by atoms with Gasteiger partial charge in [-0.25, -0.2) is 4.79 Å². The molecule has 1 aromatic carbocycles. The van der Waals surface area contributed by atoms with Gasteiger partial charge in [0.2, 0.25) is 0 Å². The van der Waals surface area contributed by atoms with Gasteiger partial charge in [0, 0.05) is 5.02 Å². The third-order valence-electron chi connectivity index (χ3n) is 2.56. The van der Waals surface area contributed by atoms with E-state index in [0.29, 0.717) is 17.3 Å². The fraction of sp³-hybridized carbons (Fsp3) is 0.0769. The molecule has 0 atom stereocenters. The Kier molecular flexibility index (Phi) is 2.97. The van der Waals surface area contributed by atoms with Crippen molar-refractivity contribution in [3.8, 4) is 11.7 Å². The Morgan fingerprint density at radius 1 is 1.26 bits per heavy atom. The molecule has 19 heavy (non-hydrogen) atoms. The lowest BCUT2D eigenvalue weighted by atomic mass is 10.2. The molecule has 0 spiro atoms. The van der Waals surface area contributed by atoms with Gasteiger partial charge in [-0.15, -0.1) is 5.10 Å². The third kappa shape index (κ3) is 2.46. The molecule has 2 aromatic heterocycles. The maximum absolute atomic E-state index is 11.7. The van der Waals surface area contributed by atoms with E-state index in [0.717, 1.165) is 5.56 Å². The average Bonchev–Trinajstić information content (AvgIpc) is 3.00. The van der Waals surface area contributed by atoms with Crippen molar-refractivity contribution in [1.29, 1.82) is 0 Å². The van der Waals surface area contributed by atoms with Gasteiger partial charge in [0.15, 0.2) is 5.76 Å². The van der Waals surface area contributed by atoms with E-state index in [1.54, 1.807) is 24.3 Å². The first kappa shape index (κ1) is 11.8. The summed E-state index contributed by atoms with van der Waals surface area (Å²) in [4.78, 5) is 11.7. The molecule has 0 bridgehead atoms. The first-order valence-electron chi connectivity index (χ1n) is 5.58. The Hall–Kier alpha value is -2.27. The Bertz CT molecular complexity index is 743. The molecule has 5 nitrogen and oxygen atoms in total. The summed E-state index contributed by atoms with van der Waals surface area (Å²) in [5.74, 6) is 0.0466. The fourth-order valence-electron chi connectivity index (χ4n) is 1.71. The lowest BCUT2D eigenvalue weighted by Crippen LogP contribution is -2.16. The van der Waals surface area contributed by atoms with Crippen LogP contribution >= 0.6 is 11.6 Å². The smallest absolute Gasteiger partial charge is 0.437 e. The highest BCUT2D eigenvalue weighted by Crippen LogP contribution is 2.16. The molecular formula is C13H9ClN2O3. The van der Waals surface area contributed by atoms with Crippen molar-refractivity contribution in [3.63, 3.8) is 0 Å². The topological polar surface area (TPSA) is 61.2 Å². The second kappa shape index (κ2) is 4.78. The second-order valence-electron chi connectivity index (χ2n) is 3.94. The van der Waals surface area contributed by atoms with Gasteiger partial charge in [0.25, 0.3) is 5.89 Å². The Morgan fingerprint density at radius 2 is 2.16 bits per heavy atom. The van der Waals surface area contributed by atoms with Crippen LogP contribution < -0.4 is 5.76 Å². The maximum Gasteiger partial charge on any atom is 0.437 e. The zero-order valence-electron chi connectivity index (χ0n) is 9.75. The van der Waals surface area contributed by atoms with Crippen molar-refractivity contribution in [1.82, 2.24) is 9.78 Å². The van der Waals surface area contributed by atoms with E-state index in [2.05, 4.69) is 5.10 Å². The van der Waals surface area contributed by atoms with Crippen LogP contribution in [0.15, 0.2) is 56.3 Å². The van der Waals surface area contributed by atoms with Crippen molar-refractivity contribution < 1.29 is 8.83 Å². The highest BCUT2D eigenvalue weighted by Gasteiger charge is 2.12. The summed E-state index contributed by atoms with van der Waals surface area (Å²) >= 11 is 5.89. The van der Waals surface area contributed by atoms with Gasteiger partial charge in [-0.2, -0.15) is 4.68 Å². The Balaban J connectivity index is 1.92. The van der Waals surface area contributed by atoms with Crippen LogP contribution in [0, 0.1) is 0 Å². The summed E-state index contributed by atoms with van der Waals surface area (Å²) in [6, 6.07) is 10.6. The SMILES string of the molecule is O=c1oc(-c2ccco2)nn1Cc1cccc(Cl)c1. The van der Waals surface area contributed by atoms with Crippen molar-refractivity contribution in [3.05, 3.63) is 63.8 Å². The van der Waals surface area contributed by atoms with Crippen molar-refractivity contribution in [2.75, 3.05) is 0 Å². The number of aromatic nitrogens is 2. The lowest BCUT2D eigenvalue weighted by Gasteiger charge is -1.99. The number of hydrogen-bond acceptors (Lipinski definition) is 4. The van der Waals surface area contributed by atoms with Crippen LogP contribution in [0.4, 0.5) is 0 Å². The Morgan fingerprint density at radius 3 is 2.89 bits per heavy atom. The number of halogens is 1. The van der Waals surface area contributed by atoms with E-state index in [1.165, 1.54) is 10.9 Å². The molecule has 0 saturated carbocycles. The molecule has 0 unspecified atom stereocenters. The summed E-state index contributed by atoms with van der Waals surface area (Å²) in [7, 11) is 0. The monoisotopic (exact) mass is 276 g/mol. The molecular weight excluding hydrogens is 268 g/mol. The highest BCUT2D eigenvalue weighted by atomic mass is 35.5. The molecule has 0 fully saturated rings. The van der Waals surface area contributed by atoms with E-state index < -0.39 is 5.76 Å². The molecule has 6 heteroatoms. The van der Waals surface area contributed by atoms with Crippen LogP contribution in [0.25, 0.3) is 11.7 Å². The molecule has 96 valence electrons. The summed E-state index contributed by atoms with van der Waals surface area (Å²) in [5.41, 5.74) is 0.869. The van der Waals surface area contributed by atoms with Crippen molar-refractivity contribution >= 4 is 11.6 Å². The molecule has 2 heterocycles. The molecule has 0 aliphatic heterocycles. The summed E-state index contributed by atoms with van der Waals surface area (Å²) in [5, 5.41) is 4.69. The van der Waals surface area contributed by atoms with Crippen LogP contribution in [-0.4, -0.2) is 9.78 Å². The molecule has 3 aromatic rings. The van der Waals surface area contributed by atoms with Gasteiger partial charge in [0.05, 0.1) is 12.8 Å². The number of benzene rings is 1. The van der Waals surface area contributed by atoms with E-state index in [1.807, 2.05) is 12.1 Å². The summed E-state index contributed by atoms with van der Waals surface area (Å²) in [6.07, 6.45) is 1.49. The van der Waals surface area contributed by atoms with Crippen LogP contribution in [0.3, 0.4) is 0 Å². The largest absolute Gasteiger partial charge is 0.459 e. The molecule has 0 radical (unpaired) electrons. The lowest BCUT2D eigenvalue weighted by molar-refractivity contribution is 0.476. The van der Waals surface area contributed by atoms with Gasteiger partial charge in [-0.1, -0.05) is 23.7 Å². The van der Waals surface area contributed by atoms with Gasteiger partial charge in [-0.3, -0.25) is 0 Å². The van der Waals surface area contributed by atoms with Crippen molar-refractivity contribution in [2.45, 2.75) is 6.54 Å².